The largest absolute Gasteiger partial charge is 0.496 e. The van der Waals surface area contributed by atoms with E-state index in [-0.39, 0.29) is 18.3 Å². The minimum atomic E-state index is -0.266. The summed E-state index contributed by atoms with van der Waals surface area (Å²) in [4.78, 5) is 0. The molecule has 0 amide bonds. The first-order valence-corrected chi connectivity index (χ1v) is 6.20. The molecule has 1 aromatic carbocycles. The molecule has 0 heterocycles. The van der Waals surface area contributed by atoms with Crippen LogP contribution < -0.4 is 4.74 Å². The number of hydrogen-bond acceptors (Lipinski definition) is 2. The maximum Gasteiger partial charge on any atom is 0.123 e. The molecular formula is C14H19FO2. The fraction of sp³-hybridized carbons (Fsp3) is 0.571. The minimum absolute atomic E-state index is 0.00292. The topological polar surface area (TPSA) is 29.5 Å². The first-order valence-electron chi connectivity index (χ1n) is 6.20. The van der Waals surface area contributed by atoms with Crippen LogP contribution in [0.25, 0.3) is 0 Å². The lowest BCUT2D eigenvalue weighted by molar-refractivity contribution is 0.222. The molecule has 1 aliphatic rings. The Hall–Kier alpha value is -1.09. The molecule has 0 bridgehead atoms. The highest BCUT2D eigenvalue weighted by atomic mass is 19.1. The third-order valence-electron chi connectivity index (χ3n) is 3.76. The smallest absolute Gasteiger partial charge is 0.123 e. The van der Waals surface area contributed by atoms with Gasteiger partial charge in [0.1, 0.15) is 11.6 Å². The second-order valence-corrected chi connectivity index (χ2v) is 4.72. The van der Waals surface area contributed by atoms with Crippen molar-refractivity contribution in [1.82, 2.24) is 0 Å². The fourth-order valence-corrected chi connectivity index (χ4v) is 2.86. The summed E-state index contributed by atoms with van der Waals surface area (Å²) in [5.74, 6) is 0.869. The molecule has 0 saturated heterocycles. The van der Waals surface area contributed by atoms with Crippen molar-refractivity contribution in [2.75, 3.05) is 13.7 Å². The maximum atomic E-state index is 13.3. The average Bonchev–Trinajstić information content (AvgIpc) is 2.84. The van der Waals surface area contributed by atoms with E-state index in [2.05, 4.69) is 0 Å². The Balaban J connectivity index is 2.31. The molecule has 0 aliphatic heterocycles. The molecule has 1 aliphatic carbocycles. The lowest BCUT2D eigenvalue weighted by atomic mass is 9.85. The van der Waals surface area contributed by atoms with Gasteiger partial charge in [0.2, 0.25) is 0 Å². The zero-order valence-corrected chi connectivity index (χ0v) is 10.2. The van der Waals surface area contributed by atoms with Crippen LogP contribution in [-0.4, -0.2) is 18.8 Å². The van der Waals surface area contributed by atoms with Crippen LogP contribution in [0.4, 0.5) is 4.39 Å². The quantitative estimate of drug-likeness (QED) is 0.873. The fourth-order valence-electron chi connectivity index (χ4n) is 2.86. The van der Waals surface area contributed by atoms with Crippen LogP contribution in [0.1, 0.15) is 37.2 Å². The standard InChI is InChI=1S/C14H19FO2/c1-17-14-7-6-11(15)8-12(14)13(9-16)10-4-2-3-5-10/h6-8,10,13,16H,2-5,9H2,1H3. The molecule has 1 atom stereocenters. The molecule has 1 fully saturated rings. The average molecular weight is 238 g/mol. The highest BCUT2D eigenvalue weighted by Gasteiger charge is 2.28. The first kappa shape index (κ1) is 12.4. The van der Waals surface area contributed by atoms with Crippen molar-refractivity contribution in [1.29, 1.82) is 0 Å². The van der Waals surface area contributed by atoms with Gasteiger partial charge in [-0.05, 0) is 37.0 Å². The maximum absolute atomic E-state index is 13.3. The molecule has 94 valence electrons. The number of aliphatic hydroxyl groups excluding tert-OH is 1. The number of aliphatic hydroxyl groups is 1. The molecule has 0 aromatic heterocycles. The van der Waals surface area contributed by atoms with Crippen LogP contribution in [0.2, 0.25) is 0 Å². The van der Waals surface area contributed by atoms with E-state index in [0.717, 1.165) is 18.4 Å². The van der Waals surface area contributed by atoms with Crippen LogP contribution in [0, 0.1) is 11.7 Å². The lowest BCUT2D eigenvalue weighted by Gasteiger charge is -2.23. The minimum Gasteiger partial charge on any atom is -0.496 e. The van der Waals surface area contributed by atoms with Gasteiger partial charge in [0, 0.05) is 11.5 Å². The third-order valence-corrected chi connectivity index (χ3v) is 3.76. The van der Waals surface area contributed by atoms with Gasteiger partial charge in [-0.15, -0.1) is 0 Å². The summed E-state index contributed by atoms with van der Waals surface area (Å²) in [5, 5.41) is 9.57. The Labute approximate surface area is 101 Å². The Morgan fingerprint density at radius 1 is 1.41 bits per heavy atom. The second kappa shape index (κ2) is 5.50. The van der Waals surface area contributed by atoms with Crippen LogP contribution >= 0.6 is 0 Å². The number of halogens is 1. The highest BCUT2D eigenvalue weighted by Crippen LogP contribution is 2.40. The molecular weight excluding hydrogens is 219 g/mol. The normalized spacial score (nSPS) is 18.3. The summed E-state index contributed by atoms with van der Waals surface area (Å²) in [6.45, 7) is 0.0600. The van der Waals surface area contributed by atoms with E-state index in [1.807, 2.05) is 0 Å². The molecule has 3 heteroatoms. The van der Waals surface area contributed by atoms with E-state index in [1.54, 1.807) is 13.2 Å². The van der Waals surface area contributed by atoms with Crippen molar-refractivity contribution in [2.24, 2.45) is 5.92 Å². The molecule has 1 unspecified atom stereocenters. The molecule has 0 spiro atoms. The SMILES string of the molecule is COc1ccc(F)cc1C(CO)C1CCCC1. The molecule has 0 radical (unpaired) electrons. The zero-order valence-electron chi connectivity index (χ0n) is 10.2. The van der Waals surface area contributed by atoms with E-state index in [9.17, 15) is 9.50 Å². The molecule has 2 rings (SSSR count). The Bertz CT molecular complexity index is 372. The highest BCUT2D eigenvalue weighted by molar-refractivity contribution is 5.37. The number of methoxy groups -OCH3 is 1. The zero-order chi connectivity index (χ0) is 12.3. The third kappa shape index (κ3) is 2.60. The van der Waals surface area contributed by atoms with E-state index < -0.39 is 0 Å². The van der Waals surface area contributed by atoms with Gasteiger partial charge in [0.25, 0.3) is 0 Å². The lowest BCUT2D eigenvalue weighted by Crippen LogP contribution is -2.15. The van der Waals surface area contributed by atoms with Gasteiger partial charge in [-0.25, -0.2) is 4.39 Å². The van der Waals surface area contributed by atoms with Crippen molar-refractivity contribution in [3.63, 3.8) is 0 Å². The summed E-state index contributed by atoms with van der Waals surface area (Å²) >= 11 is 0. The molecule has 17 heavy (non-hydrogen) atoms. The predicted octanol–water partition coefficient (Wildman–Crippen LogP) is 3.10. The van der Waals surface area contributed by atoms with Gasteiger partial charge in [-0.3, -0.25) is 0 Å². The van der Waals surface area contributed by atoms with Gasteiger partial charge in [-0.1, -0.05) is 12.8 Å². The Morgan fingerprint density at radius 2 is 2.12 bits per heavy atom. The van der Waals surface area contributed by atoms with Crippen LogP contribution in [0.5, 0.6) is 5.75 Å². The van der Waals surface area contributed by atoms with Gasteiger partial charge in [0.15, 0.2) is 0 Å². The van der Waals surface area contributed by atoms with Crippen LogP contribution in [0.3, 0.4) is 0 Å². The van der Waals surface area contributed by atoms with Crippen molar-refractivity contribution >= 4 is 0 Å². The first-order chi connectivity index (χ1) is 8.26. The van der Waals surface area contributed by atoms with Crippen molar-refractivity contribution < 1.29 is 14.2 Å². The Morgan fingerprint density at radius 3 is 2.71 bits per heavy atom. The Kier molecular flexibility index (Phi) is 4.00. The van der Waals surface area contributed by atoms with Gasteiger partial charge in [0.05, 0.1) is 13.7 Å². The van der Waals surface area contributed by atoms with Crippen LogP contribution in [0.15, 0.2) is 18.2 Å². The second-order valence-electron chi connectivity index (χ2n) is 4.72. The molecule has 1 aromatic rings. The van der Waals surface area contributed by atoms with E-state index in [4.69, 9.17) is 4.74 Å². The van der Waals surface area contributed by atoms with E-state index in [0.29, 0.717) is 11.7 Å². The van der Waals surface area contributed by atoms with E-state index >= 15 is 0 Å². The van der Waals surface area contributed by atoms with E-state index in [1.165, 1.54) is 25.0 Å². The summed E-state index contributed by atoms with van der Waals surface area (Å²) in [7, 11) is 1.58. The molecule has 1 N–H and O–H groups in total. The monoisotopic (exact) mass is 238 g/mol. The number of rotatable bonds is 4. The van der Waals surface area contributed by atoms with Crippen LogP contribution in [-0.2, 0) is 0 Å². The molecule has 2 nitrogen and oxygen atoms in total. The summed E-state index contributed by atoms with van der Waals surface area (Å²) in [6.07, 6.45) is 4.65. The van der Waals surface area contributed by atoms with Crippen molar-refractivity contribution in [3.8, 4) is 5.75 Å². The van der Waals surface area contributed by atoms with Gasteiger partial charge in [-0.2, -0.15) is 0 Å². The van der Waals surface area contributed by atoms with Crippen molar-refractivity contribution in [3.05, 3.63) is 29.6 Å². The van der Waals surface area contributed by atoms with Crippen molar-refractivity contribution in [2.45, 2.75) is 31.6 Å². The van der Waals surface area contributed by atoms with Gasteiger partial charge < -0.3 is 9.84 Å². The summed E-state index contributed by atoms with van der Waals surface area (Å²) in [5.41, 5.74) is 0.807. The molecule has 1 saturated carbocycles. The number of ether oxygens (including phenoxy) is 1. The summed E-state index contributed by atoms with van der Waals surface area (Å²) < 4.78 is 18.6. The number of benzene rings is 1. The van der Waals surface area contributed by atoms with Gasteiger partial charge >= 0.3 is 0 Å². The summed E-state index contributed by atoms with van der Waals surface area (Å²) in [6, 6.07) is 4.53. The number of hydrogen-bond donors (Lipinski definition) is 1. The predicted molar refractivity (Wildman–Crippen MR) is 64.7 cm³/mol.